The Hall–Kier alpha value is -3.30. The summed E-state index contributed by atoms with van der Waals surface area (Å²) >= 11 is 0. The van der Waals surface area contributed by atoms with Crippen LogP contribution in [0.15, 0.2) is 59.6 Å². The molecule has 1 aliphatic rings. The van der Waals surface area contributed by atoms with E-state index in [1.807, 2.05) is 30.3 Å². The van der Waals surface area contributed by atoms with Crippen molar-refractivity contribution in [2.45, 2.75) is 44.4 Å². The van der Waals surface area contributed by atoms with Crippen LogP contribution in [0, 0.1) is 6.92 Å². The zero-order valence-electron chi connectivity index (χ0n) is 20.4. The zero-order valence-corrected chi connectivity index (χ0v) is 21.2. The average molecular weight is 495 g/mol. The molecule has 2 aromatic heterocycles. The number of nitrogens with one attached hydrogen (secondary N) is 1. The molecule has 0 bridgehead atoms. The molecule has 0 radical (unpaired) electrons. The quantitative estimate of drug-likeness (QED) is 0.560. The molecule has 0 saturated carbocycles. The number of aryl methyl sites for hydroxylation is 1. The minimum absolute atomic E-state index is 0.141. The van der Waals surface area contributed by atoms with Crippen LogP contribution >= 0.6 is 0 Å². The van der Waals surface area contributed by atoms with Gasteiger partial charge in [0.1, 0.15) is 5.82 Å². The van der Waals surface area contributed by atoms with E-state index in [0.29, 0.717) is 11.3 Å². The monoisotopic (exact) mass is 494 g/mol. The fraction of sp³-hybridized carbons (Fsp3) is 0.346. The van der Waals surface area contributed by atoms with Crippen molar-refractivity contribution in [1.29, 1.82) is 0 Å². The minimum Gasteiger partial charge on any atom is -0.372 e. The Morgan fingerprint density at radius 3 is 2.57 bits per heavy atom. The van der Waals surface area contributed by atoms with E-state index in [9.17, 15) is 13.2 Å². The molecular formula is C26H30N4O4S. The van der Waals surface area contributed by atoms with E-state index in [0.717, 1.165) is 36.4 Å². The van der Waals surface area contributed by atoms with E-state index < -0.39 is 9.84 Å². The molecule has 0 spiro atoms. The molecule has 1 aromatic carbocycles. The van der Waals surface area contributed by atoms with Crippen LogP contribution in [0.3, 0.4) is 0 Å². The van der Waals surface area contributed by atoms with Gasteiger partial charge < -0.3 is 15.0 Å². The van der Waals surface area contributed by atoms with E-state index in [4.69, 9.17) is 9.72 Å². The molecule has 35 heavy (non-hydrogen) atoms. The Bertz CT molecular complexity index is 1330. The number of carbonyl (C=O) groups excluding carboxylic acids is 1. The molecule has 1 amide bonds. The van der Waals surface area contributed by atoms with Crippen LogP contribution < -0.4 is 10.2 Å². The van der Waals surface area contributed by atoms with Gasteiger partial charge in [0.15, 0.2) is 9.84 Å². The lowest BCUT2D eigenvalue weighted by atomic mass is 10.1. The number of amides is 1. The van der Waals surface area contributed by atoms with Gasteiger partial charge in [0.25, 0.3) is 5.91 Å². The summed E-state index contributed by atoms with van der Waals surface area (Å²) in [5.41, 5.74) is 3.28. The highest BCUT2D eigenvalue weighted by atomic mass is 32.2. The van der Waals surface area contributed by atoms with Crippen LogP contribution in [0.4, 0.5) is 5.82 Å². The Morgan fingerprint density at radius 1 is 1.11 bits per heavy atom. The number of hydrogen-bond donors (Lipinski definition) is 1. The summed E-state index contributed by atoms with van der Waals surface area (Å²) < 4.78 is 29.8. The highest BCUT2D eigenvalue weighted by Crippen LogP contribution is 2.24. The number of aromatic nitrogens is 2. The van der Waals surface area contributed by atoms with Crippen molar-refractivity contribution in [1.82, 2.24) is 15.3 Å². The van der Waals surface area contributed by atoms with Crippen LogP contribution in [0.25, 0.3) is 11.3 Å². The number of nitrogens with zero attached hydrogens (tertiary/aromatic N) is 3. The van der Waals surface area contributed by atoms with Gasteiger partial charge in [-0.25, -0.2) is 13.4 Å². The highest BCUT2D eigenvalue weighted by molar-refractivity contribution is 7.90. The van der Waals surface area contributed by atoms with E-state index in [-0.39, 0.29) is 35.1 Å². The van der Waals surface area contributed by atoms with Gasteiger partial charge in [0, 0.05) is 36.7 Å². The van der Waals surface area contributed by atoms with Gasteiger partial charge in [-0.15, -0.1) is 0 Å². The van der Waals surface area contributed by atoms with Crippen molar-refractivity contribution in [3.63, 3.8) is 0 Å². The number of pyridine rings is 2. The Kier molecular flexibility index (Phi) is 7.18. The SMILES string of the molecule is Cc1ccc(C(=O)NCc2cc(-c3cccc(N4C[C@@H](C)O[C@@H](C)C4)n3)ccn2)cc1S(C)(=O)=O. The second-order valence-corrected chi connectivity index (χ2v) is 11.0. The van der Waals surface area contributed by atoms with Crippen molar-refractivity contribution >= 4 is 21.6 Å². The summed E-state index contributed by atoms with van der Waals surface area (Å²) in [6.07, 6.45) is 3.11. The number of hydrogen-bond acceptors (Lipinski definition) is 7. The Balaban J connectivity index is 1.48. The van der Waals surface area contributed by atoms with Crippen molar-refractivity contribution in [3.8, 4) is 11.3 Å². The first-order valence-corrected chi connectivity index (χ1v) is 13.4. The van der Waals surface area contributed by atoms with Crippen LogP contribution in [0.2, 0.25) is 0 Å². The van der Waals surface area contributed by atoms with Gasteiger partial charge in [-0.2, -0.15) is 0 Å². The smallest absolute Gasteiger partial charge is 0.251 e. The number of carbonyl (C=O) groups is 1. The average Bonchev–Trinajstić information content (AvgIpc) is 2.82. The number of benzene rings is 1. The first-order chi connectivity index (χ1) is 16.6. The lowest BCUT2D eigenvalue weighted by molar-refractivity contribution is -0.00545. The van der Waals surface area contributed by atoms with E-state index in [2.05, 4.69) is 29.0 Å². The largest absolute Gasteiger partial charge is 0.372 e. The summed E-state index contributed by atoms with van der Waals surface area (Å²) in [7, 11) is -3.42. The topological polar surface area (TPSA) is 101 Å². The minimum atomic E-state index is -3.42. The molecule has 3 aromatic rings. The second-order valence-electron chi connectivity index (χ2n) is 9.01. The maximum atomic E-state index is 12.7. The molecule has 1 fully saturated rings. The van der Waals surface area contributed by atoms with Crippen molar-refractivity contribution in [2.75, 3.05) is 24.2 Å². The first kappa shape index (κ1) is 24.8. The molecule has 184 valence electrons. The second kappa shape index (κ2) is 10.1. The summed E-state index contributed by atoms with van der Waals surface area (Å²) in [6.45, 7) is 7.61. The maximum Gasteiger partial charge on any atom is 0.251 e. The van der Waals surface area contributed by atoms with Gasteiger partial charge in [-0.3, -0.25) is 9.78 Å². The third-order valence-corrected chi connectivity index (χ3v) is 7.11. The fourth-order valence-electron chi connectivity index (χ4n) is 4.27. The molecule has 4 rings (SSSR count). The van der Waals surface area contributed by atoms with Gasteiger partial charge >= 0.3 is 0 Å². The molecule has 0 unspecified atom stereocenters. The van der Waals surface area contributed by atoms with Gasteiger partial charge in [-0.1, -0.05) is 12.1 Å². The van der Waals surface area contributed by atoms with Crippen molar-refractivity contribution < 1.29 is 17.9 Å². The molecule has 1 N–H and O–H groups in total. The number of rotatable bonds is 6. The van der Waals surface area contributed by atoms with E-state index in [1.54, 1.807) is 25.3 Å². The van der Waals surface area contributed by atoms with Gasteiger partial charge in [-0.05, 0) is 62.7 Å². The van der Waals surface area contributed by atoms with Crippen molar-refractivity contribution in [3.05, 3.63) is 71.5 Å². The number of morpholine rings is 1. The number of sulfone groups is 1. The first-order valence-electron chi connectivity index (χ1n) is 11.5. The molecule has 1 aliphatic heterocycles. The normalized spacial score (nSPS) is 18.3. The highest BCUT2D eigenvalue weighted by Gasteiger charge is 2.23. The van der Waals surface area contributed by atoms with Crippen LogP contribution in [-0.2, 0) is 21.1 Å². The summed E-state index contributed by atoms with van der Waals surface area (Å²) in [4.78, 5) is 24.3. The molecule has 1 saturated heterocycles. The van der Waals surface area contributed by atoms with Crippen LogP contribution in [0.5, 0.6) is 0 Å². The number of ether oxygens (including phenoxy) is 1. The predicted octanol–water partition coefficient (Wildman–Crippen LogP) is 3.40. The molecule has 0 aliphatic carbocycles. The molecule has 9 heteroatoms. The third-order valence-electron chi connectivity index (χ3n) is 5.87. The standard InChI is InChI=1S/C26H30N4O4S/c1-17-8-9-21(13-24(17)35(4,32)33)26(31)28-14-22-12-20(10-11-27-22)23-6-5-7-25(29-23)30-15-18(2)34-19(3)16-30/h5-13,18-19H,14-16H2,1-4H3,(H,28,31)/t18-,19+. The third kappa shape index (κ3) is 6.04. The zero-order chi connectivity index (χ0) is 25.2. The van der Waals surface area contributed by atoms with Gasteiger partial charge in [0.05, 0.1) is 35.0 Å². The predicted molar refractivity (Wildman–Crippen MR) is 135 cm³/mol. The van der Waals surface area contributed by atoms with E-state index >= 15 is 0 Å². The molecular weight excluding hydrogens is 464 g/mol. The number of anilines is 1. The van der Waals surface area contributed by atoms with Crippen molar-refractivity contribution in [2.24, 2.45) is 0 Å². The fourth-order valence-corrected chi connectivity index (χ4v) is 5.27. The molecule has 2 atom stereocenters. The Morgan fingerprint density at radius 2 is 1.86 bits per heavy atom. The molecule has 8 nitrogen and oxygen atoms in total. The lowest BCUT2D eigenvalue weighted by Crippen LogP contribution is -2.45. The van der Waals surface area contributed by atoms with Gasteiger partial charge in [0.2, 0.25) is 0 Å². The summed E-state index contributed by atoms with van der Waals surface area (Å²) in [5.74, 6) is 0.537. The van der Waals surface area contributed by atoms with Crippen LogP contribution in [0.1, 0.15) is 35.5 Å². The summed E-state index contributed by atoms with van der Waals surface area (Å²) in [6, 6.07) is 14.4. The lowest BCUT2D eigenvalue weighted by Gasteiger charge is -2.36. The van der Waals surface area contributed by atoms with E-state index in [1.165, 1.54) is 6.07 Å². The summed E-state index contributed by atoms with van der Waals surface area (Å²) in [5, 5.41) is 2.83. The maximum absolute atomic E-state index is 12.7. The Labute approximate surface area is 206 Å². The van der Waals surface area contributed by atoms with Crippen LogP contribution in [-0.4, -0.2) is 55.8 Å². The molecule has 3 heterocycles.